The lowest BCUT2D eigenvalue weighted by Crippen LogP contribution is -2.37. The second kappa shape index (κ2) is 8.42. The first-order valence-corrected chi connectivity index (χ1v) is 10.6. The van der Waals surface area contributed by atoms with Crippen molar-refractivity contribution in [3.05, 3.63) is 29.7 Å². The molecular weight excluding hydrogens is 340 g/mol. The number of rotatable bonds is 6. The zero-order chi connectivity index (χ0) is 18.6. The van der Waals surface area contributed by atoms with Gasteiger partial charge in [0.05, 0.1) is 6.10 Å². The number of aromatic nitrogens is 1. The van der Waals surface area contributed by atoms with Crippen molar-refractivity contribution in [1.82, 2.24) is 9.88 Å². The Hall–Kier alpha value is -1.88. The summed E-state index contributed by atoms with van der Waals surface area (Å²) in [5.41, 5.74) is 2.27. The molecule has 5 nitrogen and oxygen atoms in total. The van der Waals surface area contributed by atoms with Crippen molar-refractivity contribution >= 4 is 17.0 Å². The fourth-order valence-corrected chi connectivity index (χ4v) is 4.36. The minimum atomic E-state index is 0.0601. The van der Waals surface area contributed by atoms with Gasteiger partial charge in [0, 0.05) is 31.2 Å². The van der Waals surface area contributed by atoms with Gasteiger partial charge in [0.15, 0.2) is 11.5 Å². The average molecular weight is 370 g/mol. The molecule has 5 heteroatoms. The van der Waals surface area contributed by atoms with Crippen molar-refractivity contribution < 1.29 is 13.9 Å². The van der Waals surface area contributed by atoms with Crippen LogP contribution in [-0.4, -0.2) is 41.6 Å². The molecular formula is C22H30N2O3. The maximum Gasteiger partial charge on any atom is 0.254 e. The van der Waals surface area contributed by atoms with Gasteiger partial charge in [0.1, 0.15) is 5.52 Å². The number of hydrogen-bond donors (Lipinski definition) is 0. The van der Waals surface area contributed by atoms with Crippen molar-refractivity contribution in [3.63, 3.8) is 0 Å². The van der Waals surface area contributed by atoms with Crippen molar-refractivity contribution in [1.29, 1.82) is 0 Å². The van der Waals surface area contributed by atoms with E-state index in [0.29, 0.717) is 18.0 Å². The van der Waals surface area contributed by atoms with Crippen molar-refractivity contribution in [2.75, 3.05) is 19.7 Å². The van der Waals surface area contributed by atoms with E-state index in [1.165, 1.54) is 19.3 Å². The van der Waals surface area contributed by atoms with E-state index in [1.807, 2.05) is 23.1 Å². The van der Waals surface area contributed by atoms with Crippen LogP contribution in [-0.2, 0) is 4.74 Å². The Morgan fingerprint density at radius 2 is 2.04 bits per heavy atom. The summed E-state index contributed by atoms with van der Waals surface area (Å²) in [5, 5.41) is 0. The summed E-state index contributed by atoms with van der Waals surface area (Å²) >= 11 is 0. The Balaban J connectivity index is 1.53. The Labute approximate surface area is 161 Å². The largest absolute Gasteiger partial charge is 0.440 e. The van der Waals surface area contributed by atoms with E-state index in [1.54, 1.807) is 0 Å². The lowest BCUT2D eigenvalue weighted by atomic mass is 9.89. The summed E-state index contributed by atoms with van der Waals surface area (Å²) in [4.78, 5) is 19.7. The van der Waals surface area contributed by atoms with E-state index in [-0.39, 0.29) is 12.0 Å². The highest BCUT2D eigenvalue weighted by molar-refractivity contribution is 5.97. The molecule has 2 aromatic rings. The molecule has 1 atom stereocenters. The van der Waals surface area contributed by atoms with Gasteiger partial charge in [0.25, 0.3) is 5.91 Å². The van der Waals surface area contributed by atoms with Gasteiger partial charge in [0.2, 0.25) is 0 Å². The Morgan fingerprint density at radius 1 is 1.19 bits per heavy atom. The zero-order valence-electron chi connectivity index (χ0n) is 16.3. The molecule has 1 aromatic heterocycles. The predicted octanol–water partition coefficient (Wildman–Crippen LogP) is 4.91. The predicted molar refractivity (Wildman–Crippen MR) is 105 cm³/mol. The van der Waals surface area contributed by atoms with Crippen LogP contribution in [0, 0.1) is 0 Å². The van der Waals surface area contributed by atoms with Crippen LogP contribution in [0.3, 0.4) is 0 Å². The first-order valence-electron chi connectivity index (χ1n) is 10.6. The molecule has 2 aliphatic rings. The number of ether oxygens (including phenoxy) is 1. The molecule has 0 spiro atoms. The summed E-state index contributed by atoms with van der Waals surface area (Å²) in [5.74, 6) is 1.34. The average Bonchev–Trinajstić information content (AvgIpc) is 3.36. The summed E-state index contributed by atoms with van der Waals surface area (Å²) < 4.78 is 11.8. The lowest BCUT2D eigenvalue weighted by Gasteiger charge is -2.25. The third-order valence-electron chi connectivity index (χ3n) is 5.84. The standard InChI is InChI=1S/C22H30N2O3/c1-2-12-24(15-18-9-6-13-26-18)22(25)17-10-11-19-20(14-17)27-21(23-19)16-7-4-3-5-8-16/h10-11,14,16,18H,2-9,12-13,15H2,1H3/t18-/m1/s1. The topological polar surface area (TPSA) is 55.6 Å². The first kappa shape index (κ1) is 18.5. The van der Waals surface area contributed by atoms with E-state index < -0.39 is 0 Å². The minimum Gasteiger partial charge on any atom is -0.440 e. The van der Waals surface area contributed by atoms with Gasteiger partial charge >= 0.3 is 0 Å². The molecule has 27 heavy (non-hydrogen) atoms. The Kier molecular flexibility index (Phi) is 5.77. The third kappa shape index (κ3) is 4.18. The summed E-state index contributed by atoms with van der Waals surface area (Å²) in [6.07, 6.45) is 9.38. The molecule has 1 aliphatic carbocycles. The molecule has 1 aromatic carbocycles. The quantitative estimate of drug-likeness (QED) is 0.725. The van der Waals surface area contributed by atoms with Crippen molar-refractivity contribution in [3.8, 4) is 0 Å². The number of amides is 1. The number of hydrogen-bond acceptors (Lipinski definition) is 4. The third-order valence-corrected chi connectivity index (χ3v) is 5.84. The van der Waals surface area contributed by atoms with E-state index in [2.05, 4.69) is 11.9 Å². The van der Waals surface area contributed by atoms with Crippen LogP contribution in [0.2, 0.25) is 0 Å². The van der Waals surface area contributed by atoms with Gasteiger partial charge in [-0.25, -0.2) is 4.98 Å². The van der Waals surface area contributed by atoms with Crippen LogP contribution in [0.25, 0.3) is 11.1 Å². The first-order chi connectivity index (χ1) is 13.2. The molecule has 4 rings (SSSR count). The Bertz CT molecular complexity index is 773. The summed E-state index contributed by atoms with van der Waals surface area (Å²) in [7, 11) is 0. The highest BCUT2D eigenvalue weighted by Crippen LogP contribution is 2.34. The Morgan fingerprint density at radius 3 is 2.78 bits per heavy atom. The smallest absolute Gasteiger partial charge is 0.254 e. The van der Waals surface area contributed by atoms with Crippen LogP contribution >= 0.6 is 0 Å². The van der Waals surface area contributed by atoms with Crippen LogP contribution in [0.1, 0.15) is 80.5 Å². The molecule has 0 unspecified atom stereocenters. The highest BCUT2D eigenvalue weighted by Gasteiger charge is 2.24. The molecule has 1 amide bonds. The number of benzene rings is 1. The fourth-order valence-electron chi connectivity index (χ4n) is 4.36. The van der Waals surface area contributed by atoms with Gasteiger partial charge in [-0.1, -0.05) is 26.2 Å². The monoisotopic (exact) mass is 370 g/mol. The second-order valence-corrected chi connectivity index (χ2v) is 7.96. The molecule has 1 saturated heterocycles. The number of carbonyl (C=O) groups excluding carboxylic acids is 1. The van der Waals surface area contributed by atoms with Crippen LogP contribution in [0.4, 0.5) is 0 Å². The van der Waals surface area contributed by atoms with Crippen LogP contribution in [0.15, 0.2) is 22.6 Å². The molecule has 1 aliphatic heterocycles. The molecule has 0 radical (unpaired) electrons. The van der Waals surface area contributed by atoms with E-state index in [4.69, 9.17) is 9.15 Å². The molecule has 0 N–H and O–H groups in total. The van der Waals surface area contributed by atoms with Gasteiger partial charge < -0.3 is 14.1 Å². The lowest BCUT2D eigenvalue weighted by molar-refractivity contribution is 0.0526. The molecule has 0 bridgehead atoms. The number of carbonyl (C=O) groups is 1. The molecule has 1 saturated carbocycles. The fraction of sp³-hybridized carbons (Fsp3) is 0.636. The molecule has 146 valence electrons. The normalized spacial score (nSPS) is 21.0. The van der Waals surface area contributed by atoms with E-state index >= 15 is 0 Å². The van der Waals surface area contributed by atoms with Crippen LogP contribution in [0.5, 0.6) is 0 Å². The highest BCUT2D eigenvalue weighted by atomic mass is 16.5. The maximum atomic E-state index is 13.1. The summed E-state index contributed by atoms with van der Waals surface area (Å²) in [6, 6.07) is 5.68. The number of oxazole rings is 1. The zero-order valence-corrected chi connectivity index (χ0v) is 16.3. The number of fused-ring (bicyclic) bond motifs is 1. The number of nitrogens with zero attached hydrogens (tertiary/aromatic N) is 2. The second-order valence-electron chi connectivity index (χ2n) is 7.96. The maximum absolute atomic E-state index is 13.1. The van der Waals surface area contributed by atoms with E-state index in [9.17, 15) is 4.79 Å². The van der Waals surface area contributed by atoms with Crippen LogP contribution < -0.4 is 0 Å². The molecule has 2 heterocycles. The van der Waals surface area contributed by atoms with Gasteiger partial charge in [-0.2, -0.15) is 0 Å². The van der Waals surface area contributed by atoms with Gasteiger partial charge in [-0.3, -0.25) is 4.79 Å². The summed E-state index contributed by atoms with van der Waals surface area (Å²) in [6.45, 7) is 4.34. The molecule has 2 fully saturated rings. The SMILES string of the molecule is CCCN(C[C@H]1CCCO1)C(=O)c1ccc2nc(C3CCCCC3)oc2c1. The minimum absolute atomic E-state index is 0.0601. The van der Waals surface area contributed by atoms with Gasteiger partial charge in [-0.15, -0.1) is 0 Å². The van der Waals surface area contributed by atoms with Gasteiger partial charge in [-0.05, 0) is 50.3 Å². The van der Waals surface area contributed by atoms with Crippen molar-refractivity contribution in [2.45, 2.75) is 70.3 Å². The van der Waals surface area contributed by atoms with Crippen molar-refractivity contribution in [2.24, 2.45) is 0 Å². The van der Waals surface area contributed by atoms with E-state index in [0.717, 1.165) is 62.2 Å².